The largest absolute Gasteiger partial charge is 0.479 e. The lowest BCUT2D eigenvalue weighted by Crippen LogP contribution is -2.51. The topological polar surface area (TPSA) is 154 Å². The van der Waals surface area contributed by atoms with E-state index in [9.17, 15) is 13.2 Å². The Bertz CT molecular complexity index is 1470. The third-order valence-corrected chi connectivity index (χ3v) is 7.87. The zero-order valence-corrected chi connectivity index (χ0v) is 23.2. The minimum atomic E-state index is -3.60. The summed E-state index contributed by atoms with van der Waals surface area (Å²) in [7, 11) is -2.10. The molecule has 0 aliphatic carbocycles. The highest BCUT2D eigenvalue weighted by atomic mass is 35.5. The van der Waals surface area contributed by atoms with Gasteiger partial charge in [-0.05, 0) is 36.4 Å². The van der Waals surface area contributed by atoms with Gasteiger partial charge in [-0.15, -0.1) is 4.13 Å². The van der Waals surface area contributed by atoms with E-state index in [0.29, 0.717) is 47.7 Å². The summed E-state index contributed by atoms with van der Waals surface area (Å²) in [6.45, 7) is 4.92. The van der Waals surface area contributed by atoms with Crippen LogP contribution in [0.4, 0.5) is 34.6 Å². The van der Waals surface area contributed by atoms with Crippen LogP contribution in [0.3, 0.4) is 0 Å². The number of hydrogen-bond acceptors (Lipinski definition) is 11. The average Bonchev–Trinajstić information content (AvgIpc) is 2.95. The number of carbonyl (C=O) groups excluding carboxylic acids is 1. The van der Waals surface area contributed by atoms with Crippen LogP contribution in [0.5, 0.6) is 5.88 Å². The molecule has 1 aliphatic heterocycles. The number of ether oxygens (including phenoxy) is 1. The number of methoxy groups -OCH3 is 1. The minimum absolute atomic E-state index is 0.240. The molecule has 1 aromatic carbocycles. The second kappa shape index (κ2) is 12.5. The Balaban J connectivity index is 1.47. The van der Waals surface area contributed by atoms with Crippen LogP contribution < -0.4 is 29.7 Å². The standard InChI is InChI=1S/C23H26ClN9O4S2/c1-3-20(34)26-15-5-4-6-16(13-15)27-21-17(24)14-25-23(30-21)28-18-7-8-19(29-22(18)37-2)32-9-11-33(12-10-32)39(35,36)31-38/h3-8,13-14,31,38H,1,9-12H2,2H3,(H,26,34)(H2,25,27,28,30). The molecule has 0 bridgehead atoms. The maximum Gasteiger partial charge on any atom is 0.288 e. The number of nitrogens with one attached hydrogen (secondary N) is 4. The number of thiol groups is 1. The Labute approximate surface area is 236 Å². The van der Waals surface area contributed by atoms with E-state index in [2.05, 4.69) is 50.3 Å². The van der Waals surface area contributed by atoms with E-state index in [4.69, 9.17) is 16.3 Å². The zero-order valence-electron chi connectivity index (χ0n) is 20.8. The molecule has 39 heavy (non-hydrogen) atoms. The van der Waals surface area contributed by atoms with Crippen molar-refractivity contribution in [1.82, 2.24) is 23.4 Å². The number of carbonyl (C=O) groups is 1. The van der Waals surface area contributed by atoms with Crippen molar-refractivity contribution < 1.29 is 17.9 Å². The third-order valence-electron chi connectivity index (χ3n) is 5.63. The second-order valence-electron chi connectivity index (χ2n) is 8.12. The lowest BCUT2D eigenvalue weighted by molar-refractivity contribution is -0.111. The monoisotopic (exact) mass is 591 g/mol. The minimum Gasteiger partial charge on any atom is -0.479 e. The van der Waals surface area contributed by atoms with Gasteiger partial charge in [0, 0.05) is 37.6 Å². The van der Waals surface area contributed by atoms with E-state index in [0.717, 1.165) is 0 Å². The Kier molecular flexibility index (Phi) is 9.08. The Morgan fingerprint density at radius 2 is 1.87 bits per heavy atom. The quantitative estimate of drug-likeness (QED) is 0.176. The molecule has 1 fully saturated rings. The van der Waals surface area contributed by atoms with Gasteiger partial charge in [0.15, 0.2) is 5.82 Å². The predicted molar refractivity (Wildman–Crippen MR) is 154 cm³/mol. The van der Waals surface area contributed by atoms with E-state index < -0.39 is 10.2 Å². The molecular weight excluding hydrogens is 566 g/mol. The van der Waals surface area contributed by atoms with Gasteiger partial charge in [0.2, 0.25) is 17.7 Å². The molecule has 0 atom stereocenters. The molecule has 0 saturated carbocycles. The number of rotatable bonds is 10. The molecule has 3 heterocycles. The summed E-state index contributed by atoms with van der Waals surface area (Å²) in [5, 5.41) is 9.19. The highest BCUT2D eigenvalue weighted by molar-refractivity contribution is 7.99. The smallest absolute Gasteiger partial charge is 0.288 e. The second-order valence-corrected chi connectivity index (χ2v) is 10.7. The lowest BCUT2D eigenvalue weighted by atomic mass is 10.2. The van der Waals surface area contributed by atoms with Crippen molar-refractivity contribution >= 4 is 75.2 Å². The van der Waals surface area contributed by atoms with Crippen molar-refractivity contribution in [2.24, 2.45) is 0 Å². The Morgan fingerprint density at radius 1 is 1.13 bits per heavy atom. The molecule has 2 aromatic heterocycles. The molecule has 4 rings (SSSR count). The highest BCUT2D eigenvalue weighted by Crippen LogP contribution is 2.30. The van der Waals surface area contributed by atoms with E-state index in [1.807, 2.05) is 9.03 Å². The number of halogens is 1. The number of hydrogen-bond donors (Lipinski definition) is 5. The Morgan fingerprint density at radius 3 is 2.56 bits per heavy atom. The third kappa shape index (κ3) is 7.07. The molecule has 1 amide bonds. The number of amides is 1. The van der Waals surface area contributed by atoms with Crippen molar-refractivity contribution in [1.29, 1.82) is 0 Å². The van der Waals surface area contributed by atoms with Crippen LogP contribution >= 0.6 is 24.4 Å². The summed E-state index contributed by atoms with van der Waals surface area (Å²) in [6, 6.07) is 10.6. The van der Waals surface area contributed by atoms with Gasteiger partial charge in [0.05, 0.1) is 13.3 Å². The maximum absolute atomic E-state index is 12.0. The molecule has 0 radical (unpaired) electrons. The van der Waals surface area contributed by atoms with E-state index in [-0.39, 0.29) is 30.0 Å². The number of anilines is 6. The number of piperazine rings is 1. The molecule has 1 aliphatic rings. The van der Waals surface area contributed by atoms with Gasteiger partial charge in [-0.25, -0.2) is 4.98 Å². The number of nitrogens with zero attached hydrogens (tertiary/aromatic N) is 5. The molecule has 4 N–H and O–H groups in total. The van der Waals surface area contributed by atoms with Crippen LogP contribution in [0.15, 0.2) is 55.3 Å². The fourth-order valence-electron chi connectivity index (χ4n) is 3.71. The number of aromatic nitrogens is 3. The van der Waals surface area contributed by atoms with Crippen molar-refractivity contribution in [3.8, 4) is 5.88 Å². The summed E-state index contributed by atoms with van der Waals surface area (Å²) < 4.78 is 32.8. The van der Waals surface area contributed by atoms with Crippen molar-refractivity contribution in [3.63, 3.8) is 0 Å². The maximum atomic E-state index is 12.0. The van der Waals surface area contributed by atoms with E-state index >= 15 is 0 Å². The van der Waals surface area contributed by atoms with Crippen molar-refractivity contribution in [3.05, 3.63) is 60.3 Å². The molecule has 13 nitrogen and oxygen atoms in total. The SMILES string of the molecule is C=CC(=O)Nc1cccc(Nc2nc(Nc3ccc(N4CCN(S(=O)(=O)NS)CC4)nc3OC)ncc2Cl)c1. The van der Waals surface area contributed by atoms with Gasteiger partial charge in [-0.3, -0.25) is 4.79 Å². The summed E-state index contributed by atoms with van der Waals surface area (Å²) >= 11 is 9.99. The molecule has 3 aromatic rings. The normalized spacial score (nSPS) is 14.0. The van der Waals surface area contributed by atoms with Gasteiger partial charge in [-0.1, -0.05) is 37.1 Å². The number of benzene rings is 1. The first-order valence-electron chi connectivity index (χ1n) is 11.5. The summed E-state index contributed by atoms with van der Waals surface area (Å²) in [4.78, 5) is 26.8. The summed E-state index contributed by atoms with van der Waals surface area (Å²) in [6.07, 6.45) is 2.63. The predicted octanol–water partition coefficient (Wildman–Crippen LogP) is 2.95. The fourth-order valence-corrected chi connectivity index (χ4v) is 4.96. The molecule has 206 valence electrons. The van der Waals surface area contributed by atoms with Crippen LogP contribution in [-0.2, 0) is 15.0 Å². The van der Waals surface area contributed by atoms with Gasteiger partial charge in [0.1, 0.15) is 16.5 Å². The first kappa shape index (κ1) is 28.4. The first-order chi connectivity index (χ1) is 18.7. The van der Waals surface area contributed by atoms with Gasteiger partial charge >= 0.3 is 0 Å². The lowest BCUT2D eigenvalue weighted by Gasteiger charge is -2.34. The van der Waals surface area contributed by atoms with Crippen molar-refractivity contribution in [2.75, 3.05) is 54.1 Å². The Hall–Kier alpha value is -3.63. The fraction of sp³-hybridized carbons (Fsp3) is 0.217. The molecule has 0 unspecified atom stereocenters. The summed E-state index contributed by atoms with van der Waals surface area (Å²) in [5.41, 5.74) is 1.74. The molecule has 16 heteroatoms. The molecule has 0 spiro atoms. The zero-order chi connectivity index (χ0) is 28.0. The van der Waals surface area contributed by atoms with E-state index in [1.54, 1.807) is 36.4 Å². The molecule has 1 saturated heterocycles. The van der Waals surface area contributed by atoms with Crippen LogP contribution in [0.25, 0.3) is 0 Å². The van der Waals surface area contributed by atoms with Crippen LogP contribution in [0, 0.1) is 0 Å². The van der Waals surface area contributed by atoms with Crippen molar-refractivity contribution in [2.45, 2.75) is 0 Å². The average molecular weight is 592 g/mol. The van der Waals surface area contributed by atoms with Crippen LogP contribution in [-0.4, -0.2) is 66.9 Å². The van der Waals surface area contributed by atoms with Gasteiger partial charge < -0.3 is 25.6 Å². The number of pyridine rings is 1. The van der Waals surface area contributed by atoms with Crippen LogP contribution in [0.1, 0.15) is 0 Å². The van der Waals surface area contributed by atoms with Gasteiger partial charge in [0.25, 0.3) is 10.2 Å². The van der Waals surface area contributed by atoms with Crippen LogP contribution in [0.2, 0.25) is 5.02 Å². The first-order valence-corrected chi connectivity index (χ1v) is 13.8. The highest BCUT2D eigenvalue weighted by Gasteiger charge is 2.27. The summed E-state index contributed by atoms with van der Waals surface area (Å²) in [5.74, 6) is 1.19. The van der Waals surface area contributed by atoms with Gasteiger partial charge in [-0.2, -0.15) is 22.7 Å². The van der Waals surface area contributed by atoms with E-state index in [1.165, 1.54) is 23.7 Å². The molecular formula is C23H26ClN9O4S2.